The fourth-order valence-electron chi connectivity index (χ4n) is 6.67. The van der Waals surface area contributed by atoms with Crippen molar-refractivity contribution in [3.05, 3.63) is 144 Å². The molecule has 2 saturated heterocycles. The van der Waals surface area contributed by atoms with Crippen LogP contribution >= 0.6 is 15.8 Å². The molecule has 0 spiro atoms. The molecule has 4 aromatic carbocycles. The Hall–Kier alpha value is -2.42. The number of hydrogen-bond donors (Lipinski definition) is 0. The van der Waals surface area contributed by atoms with Crippen molar-refractivity contribution in [3.63, 3.8) is 0 Å². The van der Waals surface area contributed by atoms with E-state index >= 15 is 0 Å². The van der Waals surface area contributed by atoms with Crippen LogP contribution < -0.4 is 0 Å². The standard InChI is InChI=1S/C38H44O4P2/c1-43-27-33(39-23-29-15-7-3-8-16-29)35(41-25-31-19-11-5-12-20-31)37(43)38-36(42-26-32-21-13-6-14-22-32)34(28-44(38)2)40-24-30-17-9-4-10-18-30/h3-22,33-38H,23-28H2,1-2H3/t33-,34-,35+,36+,37-,38-,43+,44+/m1/s1. The van der Waals surface area contributed by atoms with Crippen LogP contribution in [0.3, 0.4) is 0 Å². The van der Waals surface area contributed by atoms with Gasteiger partial charge in [-0.3, -0.25) is 0 Å². The smallest absolute Gasteiger partial charge is 0.0918 e. The van der Waals surface area contributed by atoms with Crippen molar-refractivity contribution in [3.8, 4) is 0 Å². The minimum Gasteiger partial charge on any atom is -0.370 e. The monoisotopic (exact) mass is 626 g/mol. The first kappa shape index (κ1) is 31.6. The van der Waals surface area contributed by atoms with Crippen molar-refractivity contribution in [2.45, 2.75) is 62.2 Å². The van der Waals surface area contributed by atoms with Crippen LogP contribution in [0.2, 0.25) is 0 Å². The Morgan fingerprint density at radius 2 is 0.705 bits per heavy atom. The van der Waals surface area contributed by atoms with E-state index in [2.05, 4.69) is 135 Å². The van der Waals surface area contributed by atoms with E-state index < -0.39 is 0 Å². The van der Waals surface area contributed by atoms with E-state index in [1.54, 1.807) is 0 Å². The highest BCUT2D eigenvalue weighted by Crippen LogP contribution is 2.62. The number of benzene rings is 4. The first-order chi connectivity index (χ1) is 21.7. The summed E-state index contributed by atoms with van der Waals surface area (Å²) >= 11 is 0. The molecule has 2 aliphatic rings. The maximum absolute atomic E-state index is 6.91. The van der Waals surface area contributed by atoms with Crippen LogP contribution in [0, 0.1) is 0 Å². The molecule has 0 bridgehead atoms. The first-order valence-corrected chi connectivity index (χ1v) is 19.8. The molecule has 0 aliphatic carbocycles. The van der Waals surface area contributed by atoms with Gasteiger partial charge in [-0.15, -0.1) is 15.8 Å². The molecule has 0 amide bonds. The van der Waals surface area contributed by atoms with Crippen molar-refractivity contribution >= 4 is 15.8 Å². The van der Waals surface area contributed by atoms with Gasteiger partial charge in [0.2, 0.25) is 0 Å². The van der Waals surface area contributed by atoms with Gasteiger partial charge in [0, 0.05) is 11.3 Å². The number of hydrogen-bond acceptors (Lipinski definition) is 4. The van der Waals surface area contributed by atoms with E-state index in [1.165, 1.54) is 22.3 Å². The van der Waals surface area contributed by atoms with Crippen molar-refractivity contribution in [2.24, 2.45) is 0 Å². The zero-order chi connectivity index (χ0) is 30.1. The predicted molar refractivity (Wildman–Crippen MR) is 183 cm³/mol. The molecular weight excluding hydrogens is 582 g/mol. The largest absolute Gasteiger partial charge is 0.370 e. The van der Waals surface area contributed by atoms with Crippen LogP contribution in [-0.2, 0) is 45.4 Å². The molecule has 2 heterocycles. The average Bonchev–Trinajstić information content (AvgIpc) is 3.55. The maximum Gasteiger partial charge on any atom is 0.0918 e. The zero-order valence-electron chi connectivity index (χ0n) is 25.8. The Morgan fingerprint density at radius 3 is 1.00 bits per heavy atom. The molecule has 0 saturated carbocycles. The Labute approximate surface area is 265 Å². The third-order valence-corrected chi connectivity index (χ3v) is 14.3. The van der Waals surface area contributed by atoms with Crippen LogP contribution in [0.1, 0.15) is 22.3 Å². The van der Waals surface area contributed by atoms with Crippen LogP contribution in [0.5, 0.6) is 0 Å². The summed E-state index contributed by atoms with van der Waals surface area (Å²) in [5.74, 6) is 0. The van der Waals surface area contributed by atoms with Gasteiger partial charge in [-0.25, -0.2) is 0 Å². The van der Waals surface area contributed by atoms with Crippen LogP contribution in [0.15, 0.2) is 121 Å². The summed E-state index contributed by atoms with van der Waals surface area (Å²) in [6, 6.07) is 42.1. The first-order valence-electron chi connectivity index (χ1n) is 15.7. The van der Waals surface area contributed by atoms with Gasteiger partial charge in [0.25, 0.3) is 0 Å². The Bertz CT molecular complexity index is 1280. The molecule has 2 fully saturated rings. The SMILES string of the molecule is C[P@@]1C[C@@H](OCc2ccccc2)[C@H](OCc2ccccc2)[C@@H]1[C@H]1[C@@H](OCc2ccccc2)[C@H](OCc2ccccc2)C[P@]1C. The Morgan fingerprint density at radius 1 is 0.432 bits per heavy atom. The van der Waals surface area contributed by atoms with Gasteiger partial charge in [-0.2, -0.15) is 0 Å². The summed E-state index contributed by atoms with van der Waals surface area (Å²) < 4.78 is 27.2. The third kappa shape index (κ3) is 8.04. The van der Waals surface area contributed by atoms with Gasteiger partial charge in [-0.1, -0.05) is 121 Å². The second kappa shape index (κ2) is 15.7. The van der Waals surface area contributed by atoms with E-state index in [4.69, 9.17) is 18.9 Å². The topological polar surface area (TPSA) is 36.9 Å². The highest BCUT2D eigenvalue weighted by atomic mass is 31.1. The lowest BCUT2D eigenvalue weighted by molar-refractivity contribution is -0.0900. The third-order valence-electron chi connectivity index (χ3n) is 8.89. The van der Waals surface area contributed by atoms with Crippen molar-refractivity contribution in [1.82, 2.24) is 0 Å². The second-order valence-electron chi connectivity index (χ2n) is 12.1. The van der Waals surface area contributed by atoms with Crippen molar-refractivity contribution < 1.29 is 18.9 Å². The molecule has 0 radical (unpaired) electrons. The molecule has 4 nitrogen and oxygen atoms in total. The molecule has 2 aliphatic heterocycles. The second-order valence-corrected chi connectivity index (χ2v) is 17.0. The summed E-state index contributed by atoms with van der Waals surface area (Å²) in [5.41, 5.74) is 5.58. The van der Waals surface area contributed by atoms with E-state index in [-0.39, 0.29) is 40.3 Å². The number of ether oxygens (including phenoxy) is 4. The van der Waals surface area contributed by atoms with Crippen LogP contribution in [0.25, 0.3) is 0 Å². The molecular formula is C38H44O4P2. The molecule has 6 heteroatoms. The molecule has 6 rings (SSSR count). The predicted octanol–water partition coefficient (Wildman–Crippen LogP) is 8.32. The Kier molecular flexibility index (Phi) is 11.3. The summed E-state index contributed by atoms with van der Waals surface area (Å²) in [6.07, 6.45) is 2.24. The van der Waals surface area contributed by atoms with E-state index in [0.717, 1.165) is 12.3 Å². The van der Waals surface area contributed by atoms with Gasteiger partial charge in [0.15, 0.2) is 0 Å². The molecule has 0 aromatic heterocycles. The average molecular weight is 627 g/mol. The molecule has 230 valence electrons. The van der Waals surface area contributed by atoms with Gasteiger partial charge in [-0.05, 0) is 47.9 Å². The normalized spacial score (nSPS) is 28.3. The quantitative estimate of drug-likeness (QED) is 0.140. The molecule has 0 N–H and O–H groups in total. The summed E-state index contributed by atoms with van der Waals surface area (Å²) in [6.45, 7) is 7.31. The van der Waals surface area contributed by atoms with Crippen LogP contribution in [-0.4, -0.2) is 61.4 Å². The lowest BCUT2D eigenvalue weighted by atomic mass is 10.0. The summed E-state index contributed by atoms with van der Waals surface area (Å²) in [7, 11) is -0.677. The van der Waals surface area contributed by atoms with Crippen LogP contribution in [0.4, 0.5) is 0 Å². The fourth-order valence-corrected chi connectivity index (χ4v) is 13.2. The van der Waals surface area contributed by atoms with Gasteiger partial charge < -0.3 is 18.9 Å². The van der Waals surface area contributed by atoms with Crippen molar-refractivity contribution in [2.75, 3.05) is 25.7 Å². The highest BCUT2D eigenvalue weighted by molar-refractivity contribution is 7.62. The maximum atomic E-state index is 6.91. The van der Waals surface area contributed by atoms with Gasteiger partial charge in [0.05, 0.1) is 50.8 Å². The molecule has 0 unspecified atom stereocenters. The lowest BCUT2D eigenvalue weighted by Gasteiger charge is -2.36. The lowest BCUT2D eigenvalue weighted by Crippen LogP contribution is -2.46. The fraction of sp³-hybridized carbons (Fsp3) is 0.368. The molecule has 8 atom stereocenters. The molecule has 44 heavy (non-hydrogen) atoms. The van der Waals surface area contributed by atoms with E-state index in [1.807, 2.05) is 0 Å². The summed E-state index contributed by atoms with van der Waals surface area (Å²) in [4.78, 5) is 0. The Balaban J connectivity index is 1.25. The van der Waals surface area contributed by atoms with Gasteiger partial charge >= 0.3 is 0 Å². The highest BCUT2D eigenvalue weighted by Gasteiger charge is 2.55. The minimum atomic E-state index is -0.339. The minimum absolute atomic E-state index is 0.0145. The zero-order valence-corrected chi connectivity index (χ0v) is 27.6. The number of rotatable bonds is 13. The van der Waals surface area contributed by atoms with Crippen molar-refractivity contribution in [1.29, 1.82) is 0 Å². The van der Waals surface area contributed by atoms with E-state index in [9.17, 15) is 0 Å². The summed E-state index contributed by atoms with van der Waals surface area (Å²) in [5, 5.41) is 0. The van der Waals surface area contributed by atoms with Gasteiger partial charge in [0.1, 0.15) is 0 Å². The molecule has 4 aromatic rings. The van der Waals surface area contributed by atoms with E-state index in [0.29, 0.717) is 37.7 Å².